The predicted molar refractivity (Wildman–Crippen MR) is 87.1 cm³/mol. The van der Waals surface area contributed by atoms with E-state index in [1.807, 2.05) is 55.6 Å². The zero-order valence-corrected chi connectivity index (χ0v) is 13.2. The van der Waals surface area contributed by atoms with E-state index < -0.39 is 0 Å². The summed E-state index contributed by atoms with van der Waals surface area (Å²) in [5.41, 5.74) is 1.63. The Kier molecular flexibility index (Phi) is 5.28. The first-order valence-electron chi connectivity index (χ1n) is 6.73. The van der Waals surface area contributed by atoms with Crippen molar-refractivity contribution in [2.45, 2.75) is 17.9 Å². The van der Waals surface area contributed by atoms with Gasteiger partial charge < -0.3 is 10.1 Å². The average Bonchev–Trinajstić information content (AvgIpc) is 2.54. The number of carbonyl (C=O) groups excluding carboxylic acids is 1. The second kappa shape index (κ2) is 7.18. The molecule has 0 fully saturated rings. The summed E-state index contributed by atoms with van der Waals surface area (Å²) in [7, 11) is 1.58. The second-order valence-electron chi connectivity index (χ2n) is 4.67. The molecule has 2 rings (SSSR count). The highest BCUT2D eigenvalue weighted by Crippen LogP contribution is 2.26. The summed E-state index contributed by atoms with van der Waals surface area (Å²) in [5.74, 6) is 0.468. The molecule has 0 saturated carbocycles. The van der Waals surface area contributed by atoms with E-state index in [4.69, 9.17) is 4.74 Å². The van der Waals surface area contributed by atoms with Gasteiger partial charge in [-0.3, -0.25) is 4.79 Å². The zero-order valence-electron chi connectivity index (χ0n) is 12.4. The van der Waals surface area contributed by atoms with Crippen molar-refractivity contribution in [3.05, 3.63) is 59.7 Å². The Labute approximate surface area is 129 Å². The molecule has 2 aromatic carbocycles. The first-order chi connectivity index (χ1) is 10.2. The summed E-state index contributed by atoms with van der Waals surface area (Å²) < 4.78 is 5.32. The molecule has 2 aromatic rings. The molecule has 110 valence electrons. The minimum Gasteiger partial charge on any atom is -0.496 e. The zero-order chi connectivity index (χ0) is 15.2. The third kappa shape index (κ3) is 3.79. The van der Waals surface area contributed by atoms with Crippen LogP contribution in [0.2, 0.25) is 0 Å². The number of nitrogens with one attached hydrogen (secondary N) is 1. The third-order valence-corrected chi connectivity index (χ3v) is 4.03. The highest BCUT2D eigenvalue weighted by Gasteiger charge is 2.15. The summed E-state index contributed by atoms with van der Waals surface area (Å²) in [6.07, 6.45) is 1.99. The number of hydrogen-bond donors (Lipinski definition) is 1. The second-order valence-corrected chi connectivity index (χ2v) is 5.55. The van der Waals surface area contributed by atoms with Gasteiger partial charge in [0.05, 0.1) is 18.7 Å². The molecule has 0 aliphatic carbocycles. The van der Waals surface area contributed by atoms with Crippen LogP contribution in [0, 0.1) is 0 Å². The number of thioether (sulfide) groups is 1. The van der Waals surface area contributed by atoms with Crippen LogP contribution in [-0.2, 0) is 0 Å². The van der Waals surface area contributed by atoms with Gasteiger partial charge in [-0.25, -0.2) is 0 Å². The Morgan fingerprint density at radius 1 is 1.19 bits per heavy atom. The molecule has 0 radical (unpaired) electrons. The Bertz CT molecular complexity index is 613. The maximum atomic E-state index is 12.4. The average molecular weight is 301 g/mol. The van der Waals surface area contributed by atoms with Crippen LogP contribution in [0.3, 0.4) is 0 Å². The Morgan fingerprint density at radius 3 is 2.52 bits per heavy atom. The highest BCUT2D eigenvalue weighted by molar-refractivity contribution is 7.98. The maximum Gasteiger partial charge on any atom is 0.255 e. The minimum atomic E-state index is -0.129. The third-order valence-electron chi connectivity index (χ3n) is 3.30. The van der Waals surface area contributed by atoms with Crippen LogP contribution >= 0.6 is 11.8 Å². The van der Waals surface area contributed by atoms with E-state index in [1.165, 1.54) is 0 Å². The molecule has 0 aliphatic heterocycles. The van der Waals surface area contributed by atoms with E-state index in [2.05, 4.69) is 5.32 Å². The summed E-state index contributed by atoms with van der Waals surface area (Å²) in [6.45, 7) is 1.97. The number of methoxy groups -OCH3 is 1. The van der Waals surface area contributed by atoms with Crippen molar-refractivity contribution in [1.82, 2.24) is 5.32 Å². The van der Waals surface area contributed by atoms with E-state index in [-0.39, 0.29) is 11.9 Å². The van der Waals surface area contributed by atoms with E-state index >= 15 is 0 Å². The van der Waals surface area contributed by atoms with Crippen molar-refractivity contribution >= 4 is 17.7 Å². The van der Waals surface area contributed by atoms with Gasteiger partial charge in [0.25, 0.3) is 5.91 Å². The van der Waals surface area contributed by atoms with Crippen molar-refractivity contribution in [3.63, 3.8) is 0 Å². The van der Waals surface area contributed by atoms with Gasteiger partial charge in [-0.05, 0) is 36.9 Å². The summed E-state index contributed by atoms with van der Waals surface area (Å²) in [4.78, 5) is 13.5. The van der Waals surface area contributed by atoms with E-state index in [0.717, 1.165) is 10.5 Å². The van der Waals surface area contributed by atoms with Crippen LogP contribution in [0.25, 0.3) is 0 Å². The summed E-state index contributed by atoms with van der Waals surface area (Å²) >= 11 is 1.62. The lowest BCUT2D eigenvalue weighted by Gasteiger charge is -2.16. The van der Waals surface area contributed by atoms with Crippen LogP contribution in [0.15, 0.2) is 53.4 Å². The number of hydrogen-bond acceptors (Lipinski definition) is 3. The molecule has 21 heavy (non-hydrogen) atoms. The van der Waals surface area contributed by atoms with Crippen molar-refractivity contribution in [3.8, 4) is 5.75 Å². The van der Waals surface area contributed by atoms with Crippen molar-refractivity contribution in [2.75, 3.05) is 13.4 Å². The lowest BCUT2D eigenvalue weighted by atomic mass is 10.1. The molecule has 0 bridgehead atoms. The fourth-order valence-corrected chi connectivity index (χ4v) is 2.51. The minimum absolute atomic E-state index is 0.0522. The number of amides is 1. The van der Waals surface area contributed by atoms with Crippen LogP contribution in [0.5, 0.6) is 5.75 Å². The Balaban J connectivity index is 2.17. The van der Waals surface area contributed by atoms with Crippen LogP contribution in [0.1, 0.15) is 28.9 Å². The molecule has 1 atom stereocenters. The molecule has 1 N–H and O–H groups in total. The van der Waals surface area contributed by atoms with Crippen molar-refractivity contribution in [2.24, 2.45) is 0 Å². The fourth-order valence-electron chi connectivity index (χ4n) is 2.09. The molecule has 1 amide bonds. The van der Waals surface area contributed by atoms with Gasteiger partial charge in [0.1, 0.15) is 5.75 Å². The number of benzene rings is 2. The number of carbonyl (C=O) groups is 1. The number of rotatable bonds is 5. The number of ether oxygens (including phenoxy) is 1. The normalized spacial score (nSPS) is 11.8. The van der Waals surface area contributed by atoms with Gasteiger partial charge in [-0.15, -0.1) is 11.8 Å². The molecule has 0 aromatic heterocycles. The molecular weight excluding hydrogens is 282 g/mol. The first kappa shape index (κ1) is 15.4. The van der Waals surface area contributed by atoms with Crippen LogP contribution in [-0.4, -0.2) is 19.3 Å². The topological polar surface area (TPSA) is 38.3 Å². The monoisotopic (exact) mass is 301 g/mol. The summed E-state index contributed by atoms with van der Waals surface area (Å²) in [5, 5.41) is 3.00. The van der Waals surface area contributed by atoms with Gasteiger partial charge >= 0.3 is 0 Å². The van der Waals surface area contributed by atoms with Gasteiger partial charge in [-0.2, -0.15) is 0 Å². The molecule has 0 spiro atoms. The summed E-state index contributed by atoms with van der Waals surface area (Å²) in [6, 6.07) is 15.4. The van der Waals surface area contributed by atoms with Crippen LogP contribution < -0.4 is 10.1 Å². The van der Waals surface area contributed by atoms with Crippen molar-refractivity contribution in [1.29, 1.82) is 0 Å². The first-order valence-corrected chi connectivity index (χ1v) is 7.96. The Morgan fingerprint density at radius 2 is 1.90 bits per heavy atom. The quantitative estimate of drug-likeness (QED) is 0.851. The van der Waals surface area contributed by atoms with Gasteiger partial charge in [0.2, 0.25) is 0 Å². The molecule has 0 unspecified atom stereocenters. The van der Waals surface area contributed by atoms with Crippen LogP contribution in [0.4, 0.5) is 0 Å². The molecular formula is C17H19NO2S. The van der Waals surface area contributed by atoms with E-state index in [9.17, 15) is 4.79 Å². The molecule has 3 nitrogen and oxygen atoms in total. The smallest absolute Gasteiger partial charge is 0.255 e. The standard InChI is InChI=1S/C17H19NO2S/c1-12(13-7-5-4-6-8-13)18-17(19)15-10-9-14(21-3)11-16(15)20-2/h4-12H,1-3H3,(H,18,19)/t12-/m0/s1. The lowest BCUT2D eigenvalue weighted by Crippen LogP contribution is -2.27. The van der Waals surface area contributed by atoms with Crippen molar-refractivity contribution < 1.29 is 9.53 Å². The molecule has 0 heterocycles. The highest BCUT2D eigenvalue weighted by atomic mass is 32.2. The SMILES string of the molecule is COc1cc(SC)ccc1C(=O)N[C@@H](C)c1ccccc1. The molecule has 0 aliphatic rings. The van der Waals surface area contributed by atoms with Gasteiger partial charge in [0.15, 0.2) is 0 Å². The molecule has 4 heteroatoms. The van der Waals surface area contributed by atoms with E-state index in [0.29, 0.717) is 11.3 Å². The fraction of sp³-hybridized carbons (Fsp3) is 0.235. The van der Waals surface area contributed by atoms with Gasteiger partial charge in [0, 0.05) is 4.90 Å². The lowest BCUT2D eigenvalue weighted by molar-refractivity contribution is 0.0936. The predicted octanol–water partition coefficient (Wildman–Crippen LogP) is 3.91. The van der Waals surface area contributed by atoms with Gasteiger partial charge in [-0.1, -0.05) is 30.3 Å². The largest absolute Gasteiger partial charge is 0.496 e. The molecule has 0 saturated heterocycles. The van der Waals surface area contributed by atoms with E-state index in [1.54, 1.807) is 24.9 Å². The Hall–Kier alpha value is -1.94. The maximum absolute atomic E-state index is 12.4.